The lowest BCUT2D eigenvalue weighted by molar-refractivity contribution is -0.122. The Morgan fingerprint density at radius 3 is 2.66 bits per heavy atom. The maximum atomic E-state index is 12.8. The number of furan rings is 1. The topological polar surface area (TPSA) is 70.8 Å². The lowest BCUT2D eigenvalue weighted by Crippen LogP contribution is -2.27. The molecule has 0 aliphatic carbocycles. The predicted molar refractivity (Wildman–Crippen MR) is 116 cm³/mol. The molecule has 1 aliphatic rings. The summed E-state index contributed by atoms with van der Waals surface area (Å²) < 4.78 is 6.31. The number of hydrogen-bond acceptors (Lipinski definition) is 5. The zero-order chi connectivity index (χ0) is 20.4. The monoisotopic (exact) mass is 421 g/mol. The molecule has 0 spiro atoms. The van der Waals surface area contributed by atoms with Gasteiger partial charge in [0.2, 0.25) is 0 Å². The number of amides is 1. The van der Waals surface area contributed by atoms with Crippen molar-refractivity contribution in [3.63, 3.8) is 0 Å². The van der Waals surface area contributed by atoms with E-state index < -0.39 is 5.97 Å². The van der Waals surface area contributed by atoms with Gasteiger partial charge in [0.1, 0.15) is 15.8 Å². The number of carbonyl (C=O) groups excluding carboxylic acids is 1. The van der Waals surface area contributed by atoms with Crippen molar-refractivity contribution < 1.29 is 19.1 Å². The van der Waals surface area contributed by atoms with Gasteiger partial charge in [-0.1, -0.05) is 66.4 Å². The third-order valence-corrected chi connectivity index (χ3v) is 5.73. The van der Waals surface area contributed by atoms with Crippen molar-refractivity contribution >= 4 is 46.3 Å². The Hall–Kier alpha value is -3.16. The third-order valence-electron chi connectivity index (χ3n) is 4.35. The number of rotatable bonds is 5. The summed E-state index contributed by atoms with van der Waals surface area (Å²) >= 11 is 6.61. The number of carboxylic acid groups (broad SMARTS) is 1. The van der Waals surface area contributed by atoms with Crippen LogP contribution in [0.25, 0.3) is 17.4 Å². The first-order valence-corrected chi connectivity index (χ1v) is 9.96. The average molecular weight is 421 g/mol. The quantitative estimate of drug-likeness (QED) is 0.459. The van der Waals surface area contributed by atoms with Crippen LogP contribution in [0.3, 0.4) is 0 Å². The summed E-state index contributed by atoms with van der Waals surface area (Å²) in [6.07, 6.45) is 1.66. The molecule has 5 nitrogen and oxygen atoms in total. The van der Waals surface area contributed by atoms with E-state index in [4.69, 9.17) is 21.7 Å². The first-order chi connectivity index (χ1) is 14.0. The highest BCUT2D eigenvalue weighted by atomic mass is 32.2. The Bertz CT molecular complexity index is 1130. The molecule has 4 rings (SSSR count). The van der Waals surface area contributed by atoms with Gasteiger partial charge in [0.25, 0.3) is 5.91 Å². The number of nitrogens with zero attached hydrogens (tertiary/aromatic N) is 1. The Kier molecular flexibility index (Phi) is 5.33. The number of aromatic carboxylic acids is 1. The van der Waals surface area contributed by atoms with Crippen LogP contribution in [0.5, 0.6) is 0 Å². The maximum Gasteiger partial charge on any atom is 0.335 e. The van der Waals surface area contributed by atoms with Gasteiger partial charge in [-0.15, -0.1) is 0 Å². The molecule has 1 N–H and O–H groups in total. The van der Waals surface area contributed by atoms with E-state index in [-0.39, 0.29) is 11.5 Å². The summed E-state index contributed by atoms with van der Waals surface area (Å²) in [7, 11) is 0. The molecule has 7 heteroatoms. The smallest absolute Gasteiger partial charge is 0.335 e. The van der Waals surface area contributed by atoms with Gasteiger partial charge in [-0.2, -0.15) is 0 Å². The molecule has 1 aromatic heterocycles. The third kappa shape index (κ3) is 4.16. The van der Waals surface area contributed by atoms with Crippen LogP contribution in [0, 0.1) is 0 Å². The van der Waals surface area contributed by atoms with Crippen LogP contribution < -0.4 is 0 Å². The molecular formula is C22H15NO4S2. The van der Waals surface area contributed by atoms with Gasteiger partial charge in [0.15, 0.2) is 0 Å². The van der Waals surface area contributed by atoms with Gasteiger partial charge < -0.3 is 9.52 Å². The van der Waals surface area contributed by atoms with E-state index >= 15 is 0 Å². The van der Waals surface area contributed by atoms with Gasteiger partial charge in [0, 0.05) is 11.6 Å². The van der Waals surface area contributed by atoms with E-state index in [0.717, 1.165) is 5.56 Å². The fourth-order valence-corrected chi connectivity index (χ4v) is 4.16. The highest BCUT2D eigenvalue weighted by molar-refractivity contribution is 8.26. The van der Waals surface area contributed by atoms with Crippen LogP contribution in [0.1, 0.15) is 21.7 Å². The summed E-state index contributed by atoms with van der Waals surface area (Å²) in [6, 6.07) is 19.7. The molecule has 1 amide bonds. The number of benzene rings is 2. The second kappa shape index (κ2) is 8.06. The van der Waals surface area contributed by atoms with Gasteiger partial charge >= 0.3 is 5.97 Å². The lowest BCUT2D eigenvalue weighted by atomic mass is 10.1. The molecule has 144 valence electrons. The van der Waals surface area contributed by atoms with Gasteiger partial charge in [0.05, 0.1) is 17.0 Å². The molecule has 3 aromatic rings. The van der Waals surface area contributed by atoms with E-state index in [2.05, 4.69) is 0 Å². The van der Waals surface area contributed by atoms with Crippen LogP contribution in [-0.4, -0.2) is 26.2 Å². The molecule has 0 radical (unpaired) electrons. The summed E-state index contributed by atoms with van der Waals surface area (Å²) in [5.74, 6) is -0.129. The normalized spacial score (nSPS) is 15.3. The highest BCUT2D eigenvalue weighted by Crippen LogP contribution is 2.34. The molecule has 1 saturated heterocycles. The fourth-order valence-electron chi connectivity index (χ4n) is 2.92. The first-order valence-electron chi connectivity index (χ1n) is 8.74. The molecule has 0 atom stereocenters. The van der Waals surface area contributed by atoms with Gasteiger partial charge in [-0.3, -0.25) is 9.69 Å². The molecule has 2 heterocycles. The SMILES string of the molecule is O=C(O)c1cccc(-c2ccc(/C=C3\SC(=S)N(Cc4ccccc4)C3=O)o2)c1. The molecule has 0 saturated carbocycles. The first kappa shape index (κ1) is 19.2. The average Bonchev–Trinajstić information content (AvgIpc) is 3.29. The van der Waals surface area contributed by atoms with Crippen molar-refractivity contribution in [1.82, 2.24) is 4.90 Å². The Morgan fingerprint density at radius 1 is 1.10 bits per heavy atom. The fraction of sp³-hybridized carbons (Fsp3) is 0.0455. The van der Waals surface area contributed by atoms with E-state index in [9.17, 15) is 9.59 Å². The minimum atomic E-state index is -0.999. The summed E-state index contributed by atoms with van der Waals surface area (Å²) in [4.78, 5) is 26.0. The Morgan fingerprint density at radius 2 is 1.90 bits per heavy atom. The Balaban J connectivity index is 1.55. The lowest BCUT2D eigenvalue weighted by Gasteiger charge is -2.14. The van der Waals surface area contributed by atoms with E-state index in [1.165, 1.54) is 17.8 Å². The van der Waals surface area contributed by atoms with Crippen molar-refractivity contribution in [3.8, 4) is 11.3 Å². The zero-order valence-corrected chi connectivity index (χ0v) is 16.7. The molecule has 1 aliphatic heterocycles. The van der Waals surface area contributed by atoms with E-state index in [1.807, 2.05) is 30.3 Å². The van der Waals surface area contributed by atoms with Crippen LogP contribution in [0.15, 0.2) is 76.1 Å². The van der Waals surface area contributed by atoms with Crippen molar-refractivity contribution in [3.05, 3.63) is 88.5 Å². The van der Waals surface area contributed by atoms with Crippen LogP contribution >= 0.6 is 24.0 Å². The van der Waals surface area contributed by atoms with Gasteiger partial charge in [-0.25, -0.2) is 4.79 Å². The van der Waals surface area contributed by atoms with Crippen molar-refractivity contribution in [2.24, 2.45) is 0 Å². The number of carboxylic acids is 1. The summed E-state index contributed by atoms with van der Waals surface area (Å²) in [5, 5.41) is 9.14. The Labute approximate surface area is 176 Å². The highest BCUT2D eigenvalue weighted by Gasteiger charge is 2.32. The molecular weight excluding hydrogens is 406 g/mol. The summed E-state index contributed by atoms with van der Waals surface area (Å²) in [6.45, 7) is 0.425. The van der Waals surface area contributed by atoms with Crippen LogP contribution in [0.2, 0.25) is 0 Å². The largest absolute Gasteiger partial charge is 0.478 e. The molecule has 29 heavy (non-hydrogen) atoms. The number of thiocarbonyl (C=S) groups is 1. The van der Waals surface area contributed by atoms with Gasteiger partial charge in [-0.05, 0) is 29.8 Å². The van der Waals surface area contributed by atoms with Crippen molar-refractivity contribution in [2.45, 2.75) is 6.54 Å². The number of thioether (sulfide) groups is 1. The van der Waals surface area contributed by atoms with Crippen molar-refractivity contribution in [1.29, 1.82) is 0 Å². The van der Waals surface area contributed by atoms with E-state index in [1.54, 1.807) is 41.3 Å². The van der Waals surface area contributed by atoms with E-state index in [0.29, 0.717) is 32.9 Å². The minimum Gasteiger partial charge on any atom is -0.478 e. The molecule has 2 aromatic carbocycles. The maximum absolute atomic E-state index is 12.8. The second-order valence-electron chi connectivity index (χ2n) is 6.34. The molecule has 0 bridgehead atoms. The number of carbonyl (C=O) groups is 2. The second-order valence-corrected chi connectivity index (χ2v) is 8.02. The van der Waals surface area contributed by atoms with Crippen molar-refractivity contribution in [2.75, 3.05) is 0 Å². The number of hydrogen-bond donors (Lipinski definition) is 1. The summed E-state index contributed by atoms with van der Waals surface area (Å²) in [5.41, 5.74) is 1.84. The van der Waals surface area contributed by atoms with Crippen LogP contribution in [-0.2, 0) is 11.3 Å². The standard InChI is InChI=1S/C22H15NO4S2/c24-20-19(29-22(28)23(20)13-14-5-2-1-3-6-14)12-17-9-10-18(27-17)15-7-4-8-16(11-15)21(25)26/h1-12H,13H2,(H,25,26)/b19-12-. The minimum absolute atomic E-state index is 0.158. The molecule has 0 unspecified atom stereocenters. The zero-order valence-electron chi connectivity index (χ0n) is 15.1. The molecule has 1 fully saturated rings. The van der Waals surface area contributed by atoms with Crippen LogP contribution in [0.4, 0.5) is 0 Å². The predicted octanol–water partition coefficient (Wildman–Crippen LogP) is 5.05.